The van der Waals surface area contributed by atoms with E-state index in [-0.39, 0.29) is 17.6 Å². The van der Waals surface area contributed by atoms with Crippen molar-refractivity contribution >= 4 is 5.91 Å². The van der Waals surface area contributed by atoms with Crippen molar-refractivity contribution in [2.24, 2.45) is 0 Å². The molecule has 3 atom stereocenters. The largest absolute Gasteiger partial charge is 0.338 e. The Morgan fingerprint density at radius 3 is 2.79 bits per heavy atom. The van der Waals surface area contributed by atoms with E-state index in [0.29, 0.717) is 12.1 Å². The van der Waals surface area contributed by atoms with Crippen LogP contribution >= 0.6 is 0 Å². The minimum absolute atomic E-state index is 0.142. The number of likely N-dealkylation sites (tertiary alicyclic amines) is 1. The van der Waals surface area contributed by atoms with Crippen LogP contribution in [0.15, 0.2) is 24.3 Å². The molecule has 1 N–H and O–H groups in total. The van der Waals surface area contributed by atoms with E-state index >= 15 is 0 Å². The van der Waals surface area contributed by atoms with E-state index in [0.717, 1.165) is 31.5 Å². The Labute approximate surface area is 112 Å². The second kappa shape index (κ2) is 4.93. The lowest BCUT2D eigenvalue weighted by Crippen LogP contribution is -2.49. The summed E-state index contributed by atoms with van der Waals surface area (Å²) >= 11 is 0. The summed E-state index contributed by atoms with van der Waals surface area (Å²) in [4.78, 5) is 13.7. The number of amides is 1. The van der Waals surface area contributed by atoms with Crippen LogP contribution in [0.1, 0.15) is 31.2 Å². The lowest BCUT2D eigenvalue weighted by Gasteiger charge is -2.33. The fraction of sp³-hybridized carbons (Fsp3) is 0.533. The number of piperidine rings is 1. The van der Waals surface area contributed by atoms with Gasteiger partial charge in [-0.3, -0.25) is 4.79 Å². The van der Waals surface area contributed by atoms with E-state index in [9.17, 15) is 9.18 Å². The fourth-order valence-electron chi connectivity index (χ4n) is 3.50. The average Bonchev–Trinajstić information content (AvgIpc) is 2.79. The van der Waals surface area contributed by atoms with Gasteiger partial charge in [0.1, 0.15) is 5.82 Å². The minimum Gasteiger partial charge on any atom is -0.338 e. The molecule has 3 nitrogen and oxygen atoms in total. The van der Waals surface area contributed by atoms with Gasteiger partial charge < -0.3 is 10.2 Å². The first-order chi connectivity index (χ1) is 9.16. The molecule has 2 aliphatic heterocycles. The van der Waals surface area contributed by atoms with Gasteiger partial charge >= 0.3 is 0 Å². The van der Waals surface area contributed by atoms with Crippen molar-refractivity contribution in [1.82, 2.24) is 10.2 Å². The fourth-order valence-corrected chi connectivity index (χ4v) is 3.50. The number of halogens is 1. The molecule has 1 amide bonds. The molecule has 0 unspecified atom stereocenters. The molecule has 3 rings (SSSR count). The minimum atomic E-state index is -0.210. The third-order valence-electron chi connectivity index (χ3n) is 4.40. The predicted molar refractivity (Wildman–Crippen MR) is 71.3 cm³/mol. The normalized spacial score (nSPS) is 30.2. The molecule has 0 saturated carbocycles. The summed E-state index contributed by atoms with van der Waals surface area (Å²) in [6.45, 7) is 3.38. The molecule has 2 saturated heterocycles. The summed E-state index contributed by atoms with van der Waals surface area (Å²) < 4.78 is 13.0. The van der Waals surface area contributed by atoms with Crippen molar-refractivity contribution in [3.05, 3.63) is 35.6 Å². The summed E-state index contributed by atoms with van der Waals surface area (Å²) in [6.07, 6.45) is 2.18. The van der Waals surface area contributed by atoms with Crippen LogP contribution in [-0.4, -0.2) is 36.0 Å². The van der Waals surface area contributed by atoms with E-state index in [1.54, 1.807) is 6.92 Å². The van der Waals surface area contributed by atoms with E-state index < -0.39 is 0 Å². The highest BCUT2D eigenvalue weighted by atomic mass is 19.1. The molecule has 19 heavy (non-hydrogen) atoms. The third kappa shape index (κ3) is 2.25. The zero-order valence-corrected chi connectivity index (χ0v) is 11.1. The Hall–Kier alpha value is -1.42. The van der Waals surface area contributed by atoms with E-state index in [1.165, 1.54) is 12.1 Å². The van der Waals surface area contributed by atoms with Crippen molar-refractivity contribution in [1.29, 1.82) is 0 Å². The molecule has 2 heterocycles. The van der Waals surface area contributed by atoms with Crippen LogP contribution in [0.4, 0.5) is 4.39 Å². The number of benzene rings is 1. The molecule has 0 aromatic heterocycles. The number of rotatable bonds is 1. The Balaban J connectivity index is 1.89. The predicted octanol–water partition coefficient (Wildman–Crippen LogP) is 1.89. The average molecular weight is 262 g/mol. The molecule has 102 valence electrons. The lowest BCUT2D eigenvalue weighted by atomic mass is 9.88. The smallest absolute Gasteiger partial charge is 0.219 e. The van der Waals surface area contributed by atoms with Crippen molar-refractivity contribution in [2.75, 3.05) is 13.1 Å². The summed E-state index contributed by atoms with van der Waals surface area (Å²) in [6, 6.07) is 7.30. The molecule has 2 fully saturated rings. The number of carbonyl (C=O) groups excluding carboxylic acids is 1. The Kier molecular flexibility index (Phi) is 3.27. The summed E-state index contributed by atoms with van der Waals surface area (Å²) in [7, 11) is 0. The van der Waals surface area contributed by atoms with Gasteiger partial charge in [-0.1, -0.05) is 12.1 Å². The third-order valence-corrected chi connectivity index (χ3v) is 4.40. The maximum Gasteiger partial charge on any atom is 0.219 e. The van der Waals surface area contributed by atoms with Crippen LogP contribution in [-0.2, 0) is 4.79 Å². The number of nitrogens with one attached hydrogen (secondary N) is 1. The molecule has 0 bridgehead atoms. The highest BCUT2D eigenvalue weighted by Gasteiger charge is 2.44. The molecule has 1 aromatic rings. The van der Waals surface area contributed by atoms with Gasteiger partial charge in [-0.15, -0.1) is 0 Å². The van der Waals surface area contributed by atoms with Gasteiger partial charge in [-0.05, 0) is 37.1 Å². The molecule has 1 aromatic carbocycles. The lowest BCUT2D eigenvalue weighted by molar-refractivity contribution is -0.130. The van der Waals surface area contributed by atoms with Crippen LogP contribution in [0, 0.1) is 5.82 Å². The Bertz CT molecular complexity index is 474. The maximum atomic E-state index is 13.0. The van der Waals surface area contributed by atoms with Crippen LogP contribution < -0.4 is 5.32 Å². The van der Waals surface area contributed by atoms with Crippen LogP contribution in [0.3, 0.4) is 0 Å². The summed E-state index contributed by atoms with van der Waals surface area (Å²) in [5.41, 5.74) is 1.12. The first-order valence-corrected chi connectivity index (χ1v) is 6.93. The van der Waals surface area contributed by atoms with Gasteiger partial charge in [-0.25, -0.2) is 4.39 Å². The van der Waals surface area contributed by atoms with Crippen molar-refractivity contribution in [3.63, 3.8) is 0 Å². The Morgan fingerprint density at radius 2 is 2.11 bits per heavy atom. The van der Waals surface area contributed by atoms with Crippen molar-refractivity contribution < 1.29 is 9.18 Å². The maximum absolute atomic E-state index is 13.0. The number of fused-ring (bicyclic) bond motifs is 1. The molecule has 0 aliphatic carbocycles. The molecular formula is C15H19FN2O. The second-order valence-electron chi connectivity index (χ2n) is 5.52. The highest BCUT2D eigenvalue weighted by Crippen LogP contribution is 2.36. The summed E-state index contributed by atoms with van der Waals surface area (Å²) in [5, 5.41) is 3.54. The van der Waals surface area contributed by atoms with Gasteiger partial charge in [0.25, 0.3) is 0 Å². The monoisotopic (exact) mass is 262 g/mol. The standard InChI is InChI=1S/C15H19FN2O/c1-10(19)18-9-13(11-4-6-12(16)7-5-11)15-14(18)3-2-8-17-15/h4-7,13-15,17H,2-3,8-9H2,1H3/t13-,14-,15-/m1/s1. The van der Waals surface area contributed by atoms with E-state index in [4.69, 9.17) is 0 Å². The molecule has 4 heteroatoms. The second-order valence-corrected chi connectivity index (χ2v) is 5.52. The van der Waals surface area contributed by atoms with Gasteiger partial charge in [0.2, 0.25) is 5.91 Å². The zero-order chi connectivity index (χ0) is 13.4. The molecule has 0 spiro atoms. The molecular weight excluding hydrogens is 243 g/mol. The highest BCUT2D eigenvalue weighted by molar-refractivity contribution is 5.74. The summed E-state index contributed by atoms with van der Waals surface area (Å²) in [5.74, 6) is 0.205. The number of carbonyl (C=O) groups is 1. The van der Waals surface area contributed by atoms with Crippen LogP contribution in [0.2, 0.25) is 0 Å². The van der Waals surface area contributed by atoms with Crippen LogP contribution in [0.5, 0.6) is 0 Å². The first kappa shape index (κ1) is 12.6. The Morgan fingerprint density at radius 1 is 1.37 bits per heavy atom. The quantitative estimate of drug-likeness (QED) is 0.838. The van der Waals surface area contributed by atoms with E-state index in [1.807, 2.05) is 17.0 Å². The van der Waals surface area contributed by atoms with Gasteiger partial charge in [0.15, 0.2) is 0 Å². The molecule has 2 aliphatic rings. The van der Waals surface area contributed by atoms with Gasteiger partial charge in [-0.2, -0.15) is 0 Å². The van der Waals surface area contributed by atoms with E-state index in [2.05, 4.69) is 5.32 Å². The van der Waals surface area contributed by atoms with Crippen LogP contribution in [0.25, 0.3) is 0 Å². The number of hydrogen-bond donors (Lipinski definition) is 1. The SMILES string of the molecule is CC(=O)N1C[C@H](c2ccc(F)cc2)[C@H]2NCCC[C@H]21. The van der Waals surface area contributed by atoms with Crippen molar-refractivity contribution in [2.45, 2.75) is 37.8 Å². The molecule has 0 radical (unpaired) electrons. The number of hydrogen-bond acceptors (Lipinski definition) is 2. The number of nitrogens with zero attached hydrogens (tertiary/aromatic N) is 1. The van der Waals surface area contributed by atoms with Gasteiger partial charge in [0, 0.05) is 31.5 Å². The zero-order valence-electron chi connectivity index (χ0n) is 11.1. The van der Waals surface area contributed by atoms with Crippen molar-refractivity contribution in [3.8, 4) is 0 Å². The van der Waals surface area contributed by atoms with Gasteiger partial charge in [0.05, 0.1) is 0 Å². The first-order valence-electron chi connectivity index (χ1n) is 6.93. The topological polar surface area (TPSA) is 32.3 Å².